The van der Waals surface area contributed by atoms with Crippen LogP contribution < -0.4 is 10.2 Å². The summed E-state index contributed by atoms with van der Waals surface area (Å²) >= 11 is 0. The van der Waals surface area contributed by atoms with Gasteiger partial charge in [0.15, 0.2) is 0 Å². The fourth-order valence-electron chi connectivity index (χ4n) is 1.73. The molecule has 20 heavy (non-hydrogen) atoms. The van der Waals surface area contributed by atoms with E-state index in [1.807, 2.05) is 43.5 Å². The summed E-state index contributed by atoms with van der Waals surface area (Å²) < 4.78 is 2.12. The summed E-state index contributed by atoms with van der Waals surface area (Å²) in [6.45, 7) is 5.83. The minimum Gasteiger partial charge on any atom is -0.353 e. The number of hydrogen-bond acceptors (Lipinski definition) is 5. The van der Waals surface area contributed by atoms with Crippen molar-refractivity contribution in [1.82, 2.24) is 19.5 Å². The number of aromatic nitrogens is 4. The van der Waals surface area contributed by atoms with E-state index in [4.69, 9.17) is 0 Å². The van der Waals surface area contributed by atoms with Crippen molar-refractivity contribution in [2.24, 2.45) is 0 Å². The maximum atomic E-state index is 4.46. The van der Waals surface area contributed by atoms with Crippen LogP contribution in [-0.4, -0.2) is 40.2 Å². The third-order valence-corrected chi connectivity index (χ3v) is 2.88. The molecule has 0 fully saturated rings. The van der Waals surface area contributed by atoms with Gasteiger partial charge in [0.1, 0.15) is 5.82 Å². The zero-order valence-corrected chi connectivity index (χ0v) is 12.5. The first-order valence-electron chi connectivity index (χ1n) is 6.84. The maximum Gasteiger partial charge on any atom is 0.229 e. The Kier molecular flexibility index (Phi) is 4.55. The highest BCUT2D eigenvalue weighted by molar-refractivity contribution is 5.36. The van der Waals surface area contributed by atoms with Gasteiger partial charge in [0, 0.05) is 45.5 Å². The molecule has 0 unspecified atom stereocenters. The molecule has 0 saturated heterocycles. The predicted octanol–water partition coefficient (Wildman–Crippen LogP) is 1.97. The summed E-state index contributed by atoms with van der Waals surface area (Å²) in [4.78, 5) is 15.2. The highest BCUT2D eigenvalue weighted by Crippen LogP contribution is 2.14. The van der Waals surface area contributed by atoms with E-state index in [-0.39, 0.29) is 5.92 Å². The SMILES string of the molecule is CC(C)c1nc(NCCn2cccc2)nc(N(C)C)n1. The van der Waals surface area contributed by atoms with Gasteiger partial charge in [-0.1, -0.05) is 13.8 Å². The van der Waals surface area contributed by atoms with Gasteiger partial charge in [-0.25, -0.2) is 0 Å². The largest absolute Gasteiger partial charge is 0.353 e. The summed E-state index contributed by atoms with van der Waals surface area (Å²) in [5.74, 6) is 2.42. The van der Waals surface area contributed by atoms with Gasteiger partial charge in [0.05, 0.1) is 0 Å². The molecule has 6 nitrogen and oxygen atoms in total. The normalized spacial score (nSPS) is 10.8. The molecular formula is C14H22N6. The second-order valence-corrected chi connectivity index (χ2v) is 5.21. The molecule has 0 saturated carbocycles. The summed E-state index contributed by atoms with van der Waals surface area (Å²) in [5, 5.41) is 3.26. The zero-order chi connectivity index (χ0) is 14.5. The smallest absolute Gasteiger partial charge is 0.229 e. The lowest BCUT2D eigenvalue weighted by atomic mass is 10.2. The number of anilines is 2. The van der Waals surface area contributed by atoms with Gasteiger partial charge >= 0.3 is 0 Å². The Morgan fingerprint density at radius 2 is 1.85 bits per heavy atom. The summed E-state index contributed by atoms with van der Waals surface area (Å²) in [5.41, 5.74) is 0. The molecule has 6 heteroatoms. The van der Waals surface area contributed by atoms with E-state index in [0.29, 0.717) is 11.9 Å². The van der Waals surface area contributed by atoms with Crippen LogP contribution in [0.5, 0.6) is 0 Å². The maximum absolute atomic E-state index is 4.46. The molecule has 0 radical (unpaired) electrons. The quantitative estimate of drug-likeness (QED) is 0.872. The minimum absolute atomic E-state index is 0.279. The van der Waals surface area contributed by atoms with Crippen LogP contribution in [0, 0.1) is 0 Å². The fraction of sp³-hybridized carbons (Fsp3) is 0.500. The molecule has 0 amide bonds. The lowest BCUT2D eigenvalue weighted by Crippen LogP contribution is -2.18. The van der Waals surface area contributed by atoms with Gasteiger partial charge in [-0.2, -0.15) is 15.0 Å². The molecule has 0 spiro atoms. The average Bonchev–Trinajstić information content (AvgIpc) is 2.91. The molecule has 0 aromatic carbocycles. The van der Waals surface area contributed by atoms with E-state index >= 15 is 0 Å². The minimum atomic E-state index is 0.279. The standard InChI is InChI=1S/C14H22N6/c1-11(2)12-16-13(18-14(17-12)19(3)4)15-7-10-20-8-5-6-9-20/h5-6,8-9,11H,7,10H2,1-4H3,(H,15,16,17,18). The molecule has 2 rings (SSSR count). The Hall–Kier alpha value is -2.11. The van der Waals surface area contributed by atoms with Crippen molar-refractivity contribution in [2.75, 3.05) is 30.9 Å². The topological polar surface area (TPSA) is 58.9 Å². The monoisotopic (exact) mass is 274 g/mol. The van der Waals surface area contributed by atoms with E-state index in [9.17, 15) is 0 Å². The van der Waals surface area contributed by atoms with Crippen LogP contribution >= 0.6 is 0 Å². The molecule has 2 heterocycles. The molecule has 0 aliphatic heterocycles. The van der Waals surface area contributed by atoms with Crippen LogP contribution in [-0.2, 0) is 6.54 Å². The summed E-state index contributed by atoms with van der Waals surface area (Å²) in [7, 11) is 3.87. The lowest BCUT2D eigenvalue weighted by Gasteiger charge is -2.14. The second kappa shape index (κ2) is 6.36. The average molecular weight is 274 g/mol. The van der Waals surface area contributed by atoms with Gasteiger partial charge < -0.3 is 14.8 Å². The van der Waals surface area contributed by atoms with Crippen molar-refractivity contribution in [3.05, 3.63) is 30.4 Å². The van der Waals surface area contributed by atoms with Crippen molar-refractivity contribution >= 4 is 11.9 Å². The Labute approximate surface area is 119 Å². The molecule has 0 aliphatic rings. The Bertz CT molecular complexity index is 506. The van der Waals surface area contributed by atoms with Gasteiger partial charge in [0.25, 0.3) is 0 Å². The number of hydrogen-bond donors (Lipinski definition) is 1. The highest BCUT2D eigenvalue weighted by atomic mass is 15.3. The predicted molar refractivity (Wildman–Crippen MR) is 81.2 cm³/mol. The summed E-state index contributed by atoms with van der Waals surface area (Å²) in [6.07, 6.45) is 4.08. The highest BCUT2D eigenvalue weighted by Gasteiger charge is 2.10. The van der Waals surface area contributed by atoms with Crippen molar-refractivity contribution < 1.29 is 0 Å². The van der Waals surface area contributed by atoms with Crippen molar-refractivity contribution in [3.63, 3.8) is 0 Å². The van der Waals surface area contributed by atoms with Gasteiger partial charge in [-0.05, 0) is 12.1 Å². The van der Waals surface area contributed by atoms with Crippen molar-refractivity contribution in [3.8, 4) is 0 Å². The first kappa shape index (κ1) is 14.3. The van der Waals surface area contributed by atoms with Crippen LogP contribution in [0.1, 0.15) is 25.6 Å². The molecule has 0 bridgehead atoms. The Morgan fingerprint density at radius 1 is 1.15 bits per heavy atom. The van der Waals surface area contributed by atoms with Crippen LogP contribution in [0.3, 0.4) is 0 Å². The van der Waals surface area contributed by atoms with Gasteiger partial charge in [-0.3, -0.25) is 0 Å². The zero-order valence-electron chi connectivity index (χ0n) is 12.5. The fourth-order valence-corrected chi connectivity index (χ4v) is 1.73. The molecule has 0 atom stereocenters. The number of rotatable bonds is 6. The number of nitrogens with zero attached hydrogens (tertiary/aromatic N) is 5. The summed E-state index contributed by atoms with van der Waals surface area (Å²) in [6, 6.07) is 4.04. The second-order valence-electron chi connectivity index (χ2n) is 5.21. The van der Waals surface area contributed by atoms with Gasteiger partial charge in [0.2, 0.25) is 11.9 Å². The first-order valence-corrected chi connectivity index (χ1v) is 6.84. The van der Waals surface area contributed by atoms with Crippen LogP contribution in [0.15, 0.2) is 24.5 Å². The molecule has 1 N–H and O–H groups in total. The molecule has 2 aromatic heterocycles. The van der Waals surface area contributed by atoms with E-state index in [1.165, 1.54) is 0 Å². The van der Waals surface area contributed by atoms with Crippen molar-refractivity contribution in [2.45, 2.75) is 26.3 Å². The Balaban J connectivity index is 2.06. The lowest BCUT2D eigenvalue weighted by molar-refractivity contribution is 0.719. The van der Waals surface area contributed by atoms with E-state index < -0.39 is 0 Å². The van der Waals surface area contributed by atoms with E-state index in [0.717, 1.165) is 18.9 Å². The van der Waals surface area contributed by atoms with Gasteiger partial charge in [-0.15, -0.1) is 0 Å². The van der Waals surface area contributed by atoms with Crippen LogP contribution in [0.4, 0.5) is 11.9 Å². The molecule has 2 aromatic rings. The van der Waals surface area contributed by atoms with E-state index in [1.54, 1.807) is 0 Å². The Morgan fingerprint density at radius 3 is 2.45 bits per heavy atom. The molecule has 108 valence electrons. The van der Waals surface area contributed by atoms with Crippen LogP contribution in [0.2, 0.25) is 0 Å². The van der Waals surface area contributed by atoms with E-state index in [2.05, 4.69) is 38.7 Å². The number of nitrogens with one attached hydrogen (secondary N) is 1. The first-order chi connectivity index (χ1) is 9.56. The molecular weight excluding hydrogens is 252 g/mol. The van der Waals surface area contributed by atoms with Crippen molar-refractivity contribution in [1.29, 1.82) is 0 Å². The molecule has 0 aliphatic carbocycles. The third-order valence-electron chi connectivity index (χ3n) is 2.88. The third kappa shape index (κ3) is 3.69. The van der Waals surface area contributed by atoms with Crippen LogP contribution in [0.25, 0.3) is 0 Å².